The molecule has 1 aliphatic carbocycles. The van der Waals surface area contributed by atoms with Gasteiger partial charge in [-0.3, -0.25) is 9.09 Å². The number of nitrogens with zero attached hydrogens (tertiary/aromatic N) is 4. The molecule has 2 aromatic rings. The maximum absolute atomic E-state index is 13.0. The maximum atomic E-state index is 13.0. The zero-order valence-electron chi connectivity index (χ0n) is 11.7. The second-order valence-electron chi connectivity index (χ2n) is 5.15. The van der Waals surface area contributed by atoms with Gasteiger partial charge in [-0.05, 0) is 18.9 Å². The van der Waals surface area contributed by atoms with Crippen molar-refractivity contribution in [3.05, 3.63) is 28.1 Å². The largest absolute Gasteiger partial charge is 0.441 e. The second kappa shape index (κ2) is 5.60. The van der Waals surface area contributed by atoms with Crippen LogP contribution in [-0.2, 0) is 17.5 Å². The van der Waals surface area contributed by atoms with Gasteiger partial charge >= 0.3 is 11.9 Å². The van der Waals surface area contributed by atoms with E-state index in [9.17, 15) is 22.8 Å². The third-order valence-corrected chi connectivity index (χ3v) is 3.36. The third kappa shape index (κ3) is 3.15. The predicted molar refractivity (Wildman–Crippen MR) is 69.4 cm³/mol. The van der Waals surface area contributed by atoms with Gasteiger partial charge in [-0.2, -0.15) is 13.2 Å². The van der Waals surface area contributed by atoms with Crippen LogP contribution in [-0.4, -0.2) is 26.0 Å². The van der Waals surface area contributed by atoms with Gasteiger partial charge in [0.15, 0.2) is 0 Å². The minimum atomic E-state index is -4.64. The lowest BCUT2D eigenvalue weighted by molar-refractivity contribution is -0.141. The molecule has 1 aliphatic rings. The molecular weight excluding hydrogens is 317 g/mol. The van der Waals surface area contributed by atoms with Crippen molar-refractivity contribution >= 4 is 6.29 Å². The van der Waals surface area contributed by atoms with Crippen LogP contribution in [0.5, 0.6) is 0 Å². The van der Waals surface area contributed by atoms with Crippen molar-refractivity contribution in [3.8, 4) is 11.5 Å². The van der Waals surface area contributed by atoms with Crippen molar-refractivity contribution in [1.82, 2.24) is 19.7 Å². The highest BCUT2D eigenvalue weighted by Gasteiger charge is 2.36. The Morgan fingerprint density at radius 3 is 2.70 bits per heavy atom. The van der Waals surface area contributed by atoms with Gasteiger partial charge in [0.2, 0.25) is 5.82 Å². The lowest BCUT2D eigenvalue weighted by atomic mass is 10.2. The van der Waals surface area contributed by atoms with Crippen LogP contribution in [0.1, 0.15) is 36.7 Å². The molecule has 0 N–H and O–H groups in total. The molecule has 1 saturated carbocycles. The molecule has 0 spiro atoms. The first-order valence-electron chi connectivity index (χ1n) is 6.87. The molecule has 3 rings (SSSR count). The molecule has 2 aromatic heterocycles. The third-order valence-electron chi connectivity index (χ3n) is 3.36. The van der Waals surface area contributed by atoms with E-state index in [4.69, 9.17) is 0 Å². The minimum Gasteiger partial charge on any atom is -0.303 e. The Balaban J connectivity index is 2.10. The van der Waals surface area contributed by atoms with E-state index in [1.54, 1.807) is 0 Å². The molecule has 0 unspecified atom stereocenters. The molecule has 7 nitrogen and oxygen atoms in total. The monoisotopic (exact) mass is 328 g/mol. The Kier molecular flexibility index (Phi) is 3.74. The summed E-state index contributed by atoms with van der Waals surface area (Å²) in [5.41, 5.74) is -1.24. The summed E-state index contributed by atoms with van der Waals surface area (Å²) >= 11 is 0. The normalized spacial score (nSPS) is 14.9. The summed E-state index contributed by atoms with van der Waals surface area (Å²) in [6.45, 7) is -0.0503. The number of rotatable bonds is 5. The number of halogens is 3. The van der Waals surface area contributed by atoms with Crippen LogP contribution in [0.2, 0.25) is 0 Å². The maximum Gasteiger partial charge on any atom is 0.441 e. The van der Waals surface area contributed by atoms with Gasteiger partial charge in [0.1, 0.15) is 23.5 Å². The summed E-state index contributed by atoms with van der Waals surface area (Å²) in [4.78, 5) is 29.7. The van der Waals surface area contributed by atoms with Crippen molar-refractivity contribution in [3.63, 3.8) is 0 Å². The molecular formula is C13H11F3N4O3. The Morgan fingerprint density at radius 1 is 1.35 bits per heavy atom. The van der Waals surface area contributed by atoms with Crippen LogP contribution >= 0.6 is 0 Å². The molecule has 0 amide bonds. The highest BCUT2D eigenvalue weighted by Crippen LogP contribution is 2.40. The fourth-order valence-electron chi connectivity index (χ4n) is 2.08. The lowest BCUT2D eigenvalue weighted by Gasteiger charge is -2.10. The van der Waals surface area contributed by atoms with Crippen LogP contribution in [0, 0.1) is 0 Å². The number of aldehydes is 1. The average molecular weight is 328 g/mol. The number of alkyl halides is 3. The van der Waals surface area contributed by atoms with Gasteiger partial charge in [0, 0.05) is 18.9 Å². The van der Waals surface area contributed by atoms with Crippen LogP contribution in [0.15, 0.2) is 15.4 Å². The zero-order valence-corrected chi connectivity index (χ0v) is 11.7. The number of aromatic nitrogens is 4. The summed E-state index contributed by atoms with van der Waals surface area (Å²) in [5, 5.41) is 3.48. The van der Waals surface area contributed by atoms with E-state index in [0.29, 0.717) is 6.29 Å². The SMILES string of the molecule is O=CCCn1c(-c2cc(C(F)(F)F)nc(C3CC3)n2)noc1=O. The molecule has 0 aliphatic heterocycles. The van der Waals surface area contributed by atoms with Gasteiger partial charge in [-0.1, -0.05) is 5.16 Å². The standard InChI is InChI=1S/C13H11F3N4O3/c14-13(15,16)9-6-8(17-10(18-9)7-2-3-7)11-19-23-12(22)20(11)4-1-5-21/h5-7H,1-4H2. The summed E-state index contributed by atoms with van der Waals surface area (Å²) in [7, 11) is 0. The van der Waals surface area contributed by atoms with E-state index < -0.39 is 17.6 Å². The van der Waals surface area contributed by atoms with Crippen molar-refractivity contribution in [2.24, 2.45) is 0 Å². The number of hydrogen-bond donors (Lipinski definition) is 0. The van der Waals surface area contributed by atoms with Crippen molar-refractivity contribution in [2.45, 2.75) is 37.9 Å². The van der Waals surface area contributed by atoms with Gasteiger partial charge in [0.25, 0.3) is 0 Å². The van der Waals surface area contributed by atoms with Crippen LogP contribution in [0.3, 0.4) is 0 Å². The van der Waals surface area contributed by atoms with Gasteiger partial charge in [-0.15, -0.1) is 0 Å². The number of carbonyl (C=O) groups is 1. The van der Waals surface area contributed by atoms with Crippen molar-refractivity contribution < 1.29 is 22.5 Å². The molecule has 0 saturated heterocycles. The van der Waals surface area contributed by atoms with Crippen molar-refractivity contribution in [1.29, 1.82) is 0 Å². The molecule has 0 radical (unpaired) electrons. The quantitative estimate of drug-likeness (QED) is 0.777. The Bertz CT molecular complexity index is 792. The average Bonchev–Trinajstić information content (AvgIpc) is 3.28. The summed E-state index contributed by atoms with van der Waals surface area (Å²) in [6, 6.07) is 0.723. The molecule has 0 bridgehead atoms. The number of hydrogen-bond acceptors (Lipinski definition) is 6. The molecule has 10 heteroatoms. The predicted octanol–water partition coefficient (Wildman–Crippen LogP) is 1.78. The Morgan fingerprint density at radius 2 is 2.09 bits per heavy atom. The summed E-state index contributed by atoms with van der Waals surface area (Å²) < 4.78 is 44.5. The van der Waals surface area contributed by atoms with E-state index in [-0.39, 0.29) is 36.2 Å². The van der Waals surface area contributed by atoms with E-state index in [1.165, 1.54) is 0 Å². The van der Waals surface area contributed by atoms with Crippen LogP contribution in [0.4, 0.5) is 13.2 Å². The summed E-state index contributed by atoms with van der Waals surface area (Å²) in [6.07, 6.45) is -2.62. The molecule has 23 heavy (non-hydrogen) atoms. The number of carbonyl (C=O) groups excluding carboxylic acids is 1. The zero-order chi connectivity index (χ0) is 16.6. The first-order valence-corrected chi connectivity index (χ1v) is 6.87. The molecule has 1 fully saturated rings. The van der Waals surface area contributed by atoms with Crippen LogP contribution < -0.4 is 5.76 Å². The van der Waals surface area contributed by atoms with E-state index in [1.807, 2.05) is 0 Å². The first kappa shape index (κ1) is 15.4. The highest BCUT2D eigenvalue weighted by atomic mass is 19.4. The van der Waals surface area contributed by atoms with Gasteiger partial charge < -0.3 is 4.79 Å². The molecule has 0 atom stereocenters. The van der Waals surface area contributed by atoms with E-state index in [2.05, 4.69) is 19.6 Å². The Labute approximate surface area is 127 Å². The second-order valence-corrected chi connectivity index (χ2v) is 5.15. The van der Waals surface area contributed by atoms with E-state index in [0.717, 1.165) is 23.5 Å². The lowest BCUT2D eigenvalue weighted by Crippen LogP contribution is -2.17. The van der Waals surface area contributed by atoms with E-state index >= 15 is 0 Å². The molecule has 2 heterocycles. The fraction of sp³-hybridized carbons (Fsp3) is 0.462. The smallest absolute Gasteiger partial charge is 0.303 e. The van der Waals surface area contributed by atoms with Crippen LogP contribution in [0.25, 0.3) is 11.5 Å². The highest BCUT2D eigenvalue weighted by molar-refractivity contribution is 5.52. The molecule has 0 aromatic carbocycles. The minimum absolute atomic E-state index is 0.000807. The van der Waals surface area contributed by atoms with Gasteiger partial charge in [-0.25, -0.2) is 14.8 Å². The first-order chi connectivity index (χ1) is 10.9. The summed E-state index contributed by atoms with van der Waals surface area (Å²) in [5.74, 6) is -1.04. The Hall–Kier alpha value is -2.52. The topological polar surface area (TPSA) is 90.9 Å². The fourth-order valence-corrected chi connectivity index (χ4v) is 2.08. The van der Waals surface area contributed by atoms with Crippen molar-refractivity contribution in [2.75, 3.05) is 0 Å². The molecule has 122 valence electrons. The van der Waals surface area contributed by atoms with Gasteiger partial charge in [0.05, 0.1) is 0 Å².